The Kier molecular flexibility index (Phi) is 4.94. The van der Waals surface area contributed by atoms with E-state index in [-0.39, 0.29) is 0 Å². The zero-order valence-corrected chi connectivity index (χ0v) is 11.4. The highest BCUT2D eigenvalue weighted by Crippen LogP contribution is 2.29. The Labute approximate surface area is 99.0 Å². The summed E-state index contributed by atoms with van der Waals surface area (Å²) in [6.45, 7) is 12.6. The van der Waals surface area contributed by atoms with Crippen LogP contribution < -0.4 is 5.73 Å². The van der Waals surface area contributed by atoms with Gasteiger partial charge in [-0.05, 0) is 19.8 Å². The zero-order chi connectivity index (χ0) is 11.5. The van der Waals surface area contributed by atoms with Crippen molar-refractivity contribution in [1.82, 2.24) is 4.90 Å². The molecule has 1 aliphatic heterocycles. The fraction of sp³-hybridized carbons (Fsp3) is 1.00. The van der Waals surface area contributed by atoms with Crippen LogP contribution in [-0.2, 0) is 0 Å². The minimum Gasteiger partial charge on any atom is -0.326 e. The molecule has 2 unspecified atom stereocenters. The van der Waals surface area contributed by atoms with Crippen LogP contribution in [0.25, 0.3) is 0 Å². The molecule has 1 heterocycles. The number of nitrogens with two attached hydrogens (primary N) is 1. The van der Waals surface area contributed by atoms with Gasteiger partial charge in [0.15, 0.2) is 0 Å². The highest BCUT2D eigenvalue weighted by molar-refractivity contribution is 8.00. The van der Waals surface area contributed by atoms with Crippen LogP contribution in [0.15, 0.2) is 0 Å². The second-order valence-corrected chi connectivity index (χ2v) is 7.19. The maximum Gasteiger partial charge on any atom is 0.0231 e. The van der Waals surface area contributed by atoms with E-state index >= 15 is 0 Å². The molecule has 0 spiro atoms. The van der Waals surface area contributed by atoms with E-state index in [2.05, 4.69) is 44.4 Å². The summed E-state index contributed by atoms with van der Waals surface area (Å²) in [6, 6.07) is 0.342. The Hall–Kier alpha value is 0.270. The van der Waals surface area contributed by atoms with Gasteiger partial charge in [-0.15, -0.1) is 0 Å². The van der Waals surface area contributed by atoms with Gasteiger partial charge in [0, 0.05) is 36.2 Å². The van der Waals surface area contributed by atoms with Crippen molar-refractivity contribution in [3.05, 3.63) is 0 Å². The lowest BCUT2D eigenvalue weighted by Gasteiger charge is -2.39. The molecule has 0 saturated carbocycles. The van der Waals surface area contributed by atoms with Crippen molar-refractivity contribution in [2.75, 3.05) is 25.4 Å². The van der Waals surface area contributed by atoms with Crippen molar-refractivity contribution in [2.45, 2.75) is 44.9 Å². The zero-order valence-electron chi connectivity index (χ0n) is 10.6. The number of hydrogen-bond acceptors (Lipinski definition) is 3. The predicted molar refractivity (Wildman–Crippen MR) is 70.4 cm³/mol. The van der Waals surface area contributed by atoms with Crippen molar-refractivity contribution in [3.8, 4) is 0 Å². The molecule has 0 aliphatic carbocycles. The first-order valence-electron chi connectivity index (χ1n) is 6.06. The van der Waals surface area contributed by atoms with Crippen molar-refractivity contribution >= 4 is 11.8 Å². The van der Waals surface area contributed by atoms with Crippen LogP contribution in [0.4, 0.5) is 0 Å². The monoisotopic (exact) mass is 230 g/mol. The second kappa shape index (κ2) is 5.55. The van der Waals surface area contributed by atoms with Crippen LogP contribution in [0.1, 0.15) is 34.1 Å². The standard InChI is InChI=1S/C12H26N2S/c1-5-10(2)11(13)8-14-6-7-15-12(3,4)9-14/h10-11H,5-9,13H2,1-4H3. The summed E-state index contributed by atoms with van der Waals surface area (Å²) in [5.41, 5.74) is 6.20. The van der Waals surface area contributed by atoms with Gasteiger partial charge in [-0.1, -0.05) is 20.3 Å². The van der Waals surface area contributed by atoms with E-state index in [1.54, 1.807) is 0 Å². The third-order valence-corrected chi connectivity index (χ3v) is 4.65. The summed E-state index contributed by atoms with van der Waals surface area (Å²) >= 11 is 2.08. The highest BCUT2D eigenvalue weighted by atomic mass is 32.2. The molecular weight excluding hydrogens is 204 g/mol. The van der Waals surface area contributed by atoms with E-state index in [4.69, 9.17) is 5.73 Å². The molecule has 3 heteroatoms. The molecule has 2 N–H and O–H groups in total. The highest BCUT2D eigenvalue weighted by Gasteiger charge is 2.28. The smallest absolute Gasteiger partial charge is 0.0231 e. The first-order chi connectivity index (χ1) is 6.94. The lowest BCUT2D eigenvalue weighted by Crippen LogP contribution is -2.49. The molecule has 1 fully saturated rings. The first-order valence-corrected chi connectivity index (χ1v) is 7.05. The molecule has 1 rings (SSSR count). The Balaban J connectivity index is 2.38. The average molecular weight is 230 g/mol. The summed E-state index contributed by atoms with van der Waals surface area (Å²) in [6.07, 6.45) is 1.19. The van der Waals surface area contributed by atoms with Crippen molar-refractivity contribution < 1.29 is 0 Å². The first kappa shape index (κ1) is 13.3. The normalized spacial score (nSPS) is 26.2. The van der Waals surface area contributed by atoms with E-state index in [9.17, 15) is 0 Å². The molecule has 90 valence electrons. The van der Waals surface area contributed by atoms with Gasteiger partial charge in [-0.25, -0.2) is 0 Å². The minimum atomic E-state index is 0.342. The van der Waals surface area contributed by atoms with Gasteiger partial charge in [0.05, 0.1) is 0 Å². The van der Waals surface area contributed by atoms with Crippen LogP contribution in [-0.4, -0.2) is 41.1 Å². The van der Waals surface area contributed by atoms with Gasteiger partial charge >= 0.3 is 0 Å². The molecule has 2 atom stereocenters. The van der Waals surface area contributed by atoms with Gasteiger partial charge < -0.3 is 5.73 Å². The largest absolute Gasteiger partial charge is 0.326 e. The Morgan fingerprint density at radius 2 is 2.13 bits per heavy atom. The average Bonchev–Trinajstić information content (AvgIpc) is 2.14. The molecule has 0 radical (unpaired) electrons. The number of thioether (sulfide) groups is 1. The summed E-state index contributed by atoms with van der Waals surface area (Å²) in [4.78, 5) is 2.54. The van der Waals surface area contributed by atoms with Crippen molar-refractivity contribution in [2.24, 2.45) is 11.7 Å². The second-order valence-electron chi connectivity index (χ2n) is 5.39. The van der Waals surface area contributed by atoms with Gasteiger partial charge in [-0.3, -0.25) is 4.90 Å². The molecule has 15 heavy (non-hydrogen) atoms. The van der Waals surface area contributed by atoms with E-state index in [0.29, 0.717) is 16.7 Å². The molecule has 0 aromatic carbocycles. The van der Waals surface area contributed by atoms with Crippen molar-refractivity contribution in [1.29, 1.82) is 0 Å². The van der Waals surface area contributed by atoms with E-state index < -0.39 is 0 Å². The summed E-state index contributed by atoms with van der Waals surface area (Å²) in [7, 11) is 0. The van der Waals surface area contributed by atoms with Gasteiger partial charge in [0.25, 0.3) is 0 Å². The molecule has 0 aromatic rings. The number of nitrogens with zero attached hydrogens (tertiary/aromatic N) is 1. The fourth-order valence-electron chi connectivity index (χ4n) is 2.05. The number of rotatable bonds is 4. The quantitative estimate of drug-likeness (QED) is 0.803. The van der Waals surface area contributed by atoms with Gasteiger partial charge in [-0.2, -0.15) is 11.8 Å². The molecule has 1 aliphatic rings. The van der Waals surface area contributed by atoms with Crippen LogP contribution >= 0.6 is 11.8 Å². The van der Waals surface area contributed by atoms with Crippen LogP contribution in [0.5, 0.6) is 0 Å². The minimum absolute atomic E-state index is 0.342. The van der Waals surface area contributed by atoms with E-state index in [1.807, 2.05) is 0 Å². The molecule has 0 aromatic heterocycles. The summed E-state index contributed by atoms with van der Waals surface area (Å²) in [5, 5.41) is 0. The maximum atomic E-state index is 6.20. The number of hydrogen-bond donors (Lipinski definition) is 1. The summed E-state index contributed by atoms with van der Waals surface area (Å²) in [5.74, 6) is 1.89. The van der Waals surface area contributed by atoms with Crippen LogP contribution in [0, 0.1) is 5.92 Å². The predicted octanol–water partition coefficient (Wildman–Crippen LogP) is 2.19. The maximum absolute atomic E-state index is 6.20. The Morgan fingerprint density at radius 3 is 2.67 bits per heavy atom. The van der Waals surface area contributed by atoms with Crippen molar-refractivity contribution in [3.63, 3.8) is 0 Å². The van der Waals surface area contributed by atoms with Crippen LogP contribution in [0.3, 0.4) is 0 Å². The Bertz CT molecular complexity index is 194. The third-order valence-electron chi connectivity index (χ3n) is 3.35. The Morgan fingerprint density at radius 1 is 1.47 bits per heavy atom. The lowest BCUT2D eigenvalue weighted by atomic mass is 9.99. The van der Waals surface area contributed by atoms with Gasteiger partial charge in [0.1, 0.15) is 0 Å². The molecule has 1 saturated heterocycles. The SMILES string of the molecule is CCC(C)C(N)CN1CCSC(C)(C)C1. The van der Waals surface area contributed by atoms with Crippen LogP contribution in [0.2, 0.25) is 0 Å². The molecule has 2 nitrogen and oxygen atoms in total. The van der Waals surface area contributed by atoms with E-state index in [0.717, 1.165) is 6.54 Å². The topological polar surface area (TPSA) is 29.3 Å². The third kappa shape index (κ3) is 4.33. The molecular formula is C12H26N2S. The summed E-state index contributed by atoms with van der Waals surface area (Å²) < 4.78 is 0.410. The molecule has 0 bridgehead atoms. The fourth-order valence-corrected chi connectivity index (χ4v) is 3.23. The molecule has 0 amide bonds. The van der Waals surface area contributed by atoms with Gasteiger partial charge in [0.2, 0.25) is 0 Å². The lowest BCUT2D eigenvalue weighted by molar-refractivity contribution is 0.222. The van der Waals surface area contributed by atoms with E-state index in [1.165, 1.54) is 25.3 Å².